The summed E-state index contributed by atoms with van der Waals surface area (Å²) in [4.78, 5) is 26.4. The maximum atomic E-state index is 12.6. The summed E-state index contributed by atoms with van der Waals surface area (Å²) in [6.45, 7) is 3.43. The van der Waals surface area contributed by atoms with Gasteiger partial charge in [-0.15, -0.1) is 0 Å². The summed E-state index contributed by atoms with van der Waals surface area (Å²) in [5, 5.41) is 2.73. The van der Waals surface area contributed by atoms with Crippen molar-refractivity contribution in [3.63, 3.8) is 0 Å². The summed E-state index contributed by atoms with van der Waals surface area (Å²) in [5.41, 5.74) is 0.719. The lowest BCUT2D eigenvalue weighted by Crippen LogP contribution is -2.40. The van der Waals surface area contributed by atoms with E-state index in [1.807, 2.05) is 4.90 Å². The summed E-state index contributed by atoms with van der Waals surface area (Å²) in [6, 6.07) is 6.42. The highest BCUT2D eigenvalue weighted by Crippen LogP contribution is 2.18. The molecule has 0 spiro atoms. The Balaban J connectivity index is 1.45. The topological polar surface area (TPSA) is 96.0 Å². The van der Waals surface area contributed by atoms with Gasteiger partial charge in [-0.1, -0.05) is 25.0 Å². The molecule has 1 aromatic carbocycles. The van der Waals surface area contributed by atoms with Crippen molar-refractivity contribution in [2.75, 3.05) is 45.9 Å². The third-order valence-corrected chi connectivity index (χ3v) is 7.42. The van der Waals surface area contributed by atoms with Crippen molar-refractivity contribution in [3.05, 3.63) is 35.9 Å². The Morgan fingerprint density at radius 3 is 2.26 bits per heavy atom. The van der Waals surface area contributed by atoms with E-state index in [0.29, 0.717) is 39.3 Å². The van der Waals surface area contributed by atoms with E-state index in [9.17, 15) is 18.0 Å². The molecule has 0 radical (unpaired) electrons. The lowest BCUT2D eigenvalue weighted by atomic mass is 10.2. The molecule has 2 fully saturated rings. The number of likely N-dealkylation sites (tertiary alicyclic amines) is 1. The lowest BCUT2D eigenvalue weighted by molar-refractivity contribution is -0.131. The molecule has 0 aliphatic carbocycles. The molecule has 31 heavy (non-hydrogen) atoms. The van der Waals surface area contributed by atoms with Gasteiger partial charge in [-0.3, -0.25) is 9.59 Å². The van der Waals surface area contributed by atoms with Gasteiger partial charge in [0.15, 0.2) is 0 Å². The van der Waals surface area contributed by atoms with Crippen molar-refractivity contribution in [2.45, 2.75) is 37.0 Å². The summed E-state index contributed by atoms with van der Waals surface area (Å²) in [5.74, 6) is -0.197. The fourth-order valence-corrected chi connectivity index (χ4v) is 5.10. The summed E-state index contributed by atoms with van der Waals surface area (Å²) in [6.07, 6.45) is 7.75. The molecule has 3 rings (SSSR count). The molecule has 170 valence electrons. The van der Waals surface area contributed by atoms with Gasteiger partial charge in [0.2, 0.25) is 21.8 Å². The van der Waals surface area contributed by atoms with Crippen LogP contribution in [0.25, 0.3) is 6.08 Å². The Kier molecular flexibility index (Phi) is 8.62. The standard InChI is InChI=1S/C22H31N3O5S/c26-21(23-12-11-22(27)24-13-3-1-2-4-14-24)10-7-19-5-8-20(9-6-19)31(28,29)25-15-17-30-18-16-25/h5-10H,1-4,11-18H2,(H,23,26)/b10-7+. The molecule has 1 aromatic rings. The third-order valence-electron chi connectivity index (χ3n) is 5.51. The predicted molar refractivity (Wildman–Crippen MR) is 118 cm³/mol. The molecule has 0 aromatic heterocycles. The van der Waals surface area contributed by atoms with Gasteiger partial charge in [-0.25, -0.2) is 8.42 Å². The van der Waals surface area contributed by atoms with Crippen LogP contribution in [0, 0.1) is 0 Å². The number of morpholine rings is 1. The quantitative estimate of drug-likeness (QED) is 0.639. The SMILES string of the molecule is O=C(/C=C/c1ccc(S(=O)(=O)N2CCOCC2)cc1)NCCC(=O)N1CCCCCC1. The van der Waals surface area contributed by atoms with E-state index < -0.39 is 10.0 Å². The maximum absolute atomic E-state index is 12.6. The van der Waals surface area contributed by atoms with Crippen LogP contribution in [0.5, 0.6) is 0 Å². The molecule has 0 unspecified atom stereocenters. The Morgan fingerprint density at radius 1 is 0.968 bits per heavy atom. The number of hydrogen-bond donors (Lipinski definition) is 1. The molecule has 0 bridgehead atoms. The van der Waals surface area contributed by atoms with Crippen LogP contribution in [0.15, 0.2) is 35.2 Å². The van der Waals surface area contributed by atoms with Crippen molar-refractivity contribution in [1.29, 1.82) is 0 Å². The molecule has 2 heterocycles. The zero-order valence-electron chi connectivity index (χ0n) is 17.8. The fraction of sp³-hybridized carbons (Fsp3) is 0.545. The van der Waals surface area contributed by atoms with Crippen LogP contribution in [0.4, 0.5) is 0 Å². The van der Waals surface area contributed by atoms with E-state index in [-0.39, 0.29) is 16.7 Å². The summed E-state index contributed by atoms with van der Waals surface area (Å²) >= 11 is 0. The molecule has 2 saturated heterocycles. The second-order valence-corrected chi connectivity index (χ2v) is 9.69. The Bertz CT molecular complexity index is 869. The first-order chi connectivity index (χ1) is 15.0. The lowest BCUT2D eigenvalue weighted by Gasteiger charge is -2.26. The van der Waals surface area contributed by atoms with Gasteiger partial charge in [0, 0.05) is 45.2 Å². The minimum atomic E-state index is -3.53. The number of nitrogens with one attached hydrogen (secondary N) is 1. The smallest absolute Gasteiger partial charge is 0.244 e. The number of benzene rings is 1. The van der Waals surface area contributed by atoms with E-state index in [1.54, 1.807) is 30.3 Å². The number of rotatable bonds is 7. The zero-order valence-corrected chi connectivity index (χ0v) is 18.6. The van der Waals surface area contributed by atoms with Gasteiger partial charge < -0.3 is 15.0 Å². The van der Waals surface area contributed by atoms with E-state index in [0.717, 1.165) is 31.5 Å². The largest absolute Gasteiger partial charge is 0.379 e. The molecular formula is C22H31N3O5S. The van der Waals surface area contributed by atoms with Crippen molar-refractivity contribution in [2.24, 2.45) is 0 Å². The second kappa shape index (κ2) is 11.4. The van der Waals surface area contributed by atoms with Crippen LogP contribution >= 0.6 is 0 Å². The van der Waals surface area contributed by atoms with Crippen LogP contribution < -0.4 is 5.32 Å². The van der Waals surface area contributed by atoms with E-state index in [1.165, 1.54) is 23.2 Å². The number of ether oxygens (including phenoxy) is 1. The number of hydrogen-bond acceptors (Lipinski definition) is 5. The minimum Gasteiger partial charge on any atom is -0.379 e. The highest BCUT2D eigenvalue weighted by molar-refractivity contribution is 7.89. The average Bonchev–Trinajstić information content (AvgIpc) is 3.08. The van der Waals surface area contributed by atoms with E-state index in [4.69, 9.17) is 4.74 Å². The number of amides is 2. The maximum Gasteiger partial charge on any atom is 0.244 e. The highest BCUT2D eigenvalue weighted by atomic mass is 32.2. The van der Waals surface area contributed by atoms with Gasteiger partial charge in [-0.2, -0.15) is 4.31 Å². The molecule has 0 atom stereocenters. The zero-order chi connectivity index (χ0) is 22.1. The predicted octanol–water partition coefficient (Wildman–Crippen LogP) is 1.63. The molecule has 9 heteroatoms. The fourth-order valence-electron chi connectivity index (χ4n) is 3.69. The van der Waals surface area contributed by atoms with Crippen LogP contribution in [0.3, 0.4) is 0 Å². The highest BCUT2D eigenvalue weighted by Gasteiger charge is 2.26. The molecule has 0 saturated carbocycles. The van der Waals surface area contributed by atoms with Crippen molar-refractivity contribution in [1.82, 2.24) is 14.5 Å². The van der Waals surface area contributed by atoms with Crippen LogP contribution in [0.1, 0.15) is 37.7 Å². The summed E-state index contributed by atoms with van der Waals surface area (Å²) in [7, 11) is -3.53. The van der Waals surface area contributed by atoms with Gasteiger partial charge in [0.1, 0.15) is 0 Å². The van der Waals surface area contributed by atoms with E-state index >= 15 is 0 Å². The van der Waals surface area contributed by atoms with Crippen molar-refractivity contribution < 1.29 is 22.7 Å². The Morgan fingerprint density at radius 2 is 1.61 bits per heavy atom. The van der Waals surface area contributed by atoms with Crippen LogP contribution in [-0.4, -0.2) is 75.4 Å². The molecule has 2 aliphatic rings. The second-order valence-electron chi connectivity index (χ2n) is 7.75. The van der Waals surface area contributed by atoms with Crippen LogP contribution in [-0.2, 0) is 24.3 Å². The molecule has 2 aliphatic heterocycles. The van der Waals surface area contributed by atoms with E-state index in [2.05, 4.69) is 5.32 Å². The first-order valence-corrected chi connectivity index (χ1v) is 12.3. The molecular weight excluding hydrogens is 418 g/mol. The van der Waals surface area contributed by atoms with Gasteiger partial charge in [0.05, 0.1) is 18.1 Å². The first kappa shape index (κ1) is 23.4. The first-order valence-electron chi connectivity index (χ1n) is 10.9. The van der Waals surface area contributed by atoms with Crippen LogP contribution in [0.2, 0.25) is 0 Å². The van der Waals surface area contributed by atoms with Crippen molar-refractivity contribution in [3.8, 4) is 0 Å². The monoisotopic (exact) mass is 449 g/mol. The Labute approximate surface area is 184 Å². The number of sulfonamides is 1. The summed E-state index contributed by atoms with van der Waals surface area (Å²) < 4.78 is 31.9. The third kappa shape index (κ3) is 6.88. The van der Waals surface area contributed by atoms with Gasteiger partial charge >= 0.3 is 0 Å². The van der Waals surface area contributed by atoms with Gasteiger partial charge in [0.25, 0.3) is 0 Å². The van der Waals surface area contributed by atoms with Crippen molar-refractivity contribution >= 4 is 27.9 Å². The molecule has 1 N–H and O–H groups in total. The normalized spacial score (nSPS) is 18.6. The number of nitrogens with zero attached hydrogens (tertiary/aromatic N) is 2. The van der Waals surface area contributed by atoms with Gasteiger partial charge in [-0.05, 0) is 36.6 Å². The number of carbonyl (C=O) groups excluding carboxylic acids is 2. The number of carbonyl (C=O) groups is 2. The molecule has 8 nitrogen and oxygen atoms in total. The Hall–Kier alpha value is -2.23. The minimum absolute atomic E-state index is 0.0863. The average molecular weight is 450 g/mol. The molecule has 2 amide bonds.